The number of pyridine rings is 1. The number of nitrogens with zero attached hydrogens (tertiary/aromatic N) is 3. The third kappa shape index (κ3) is 4.66. The number of rotatable bonds is 7. The zero-order valence-electron chi connectivity index (χ0n) is 19.3. The molecule has 1 aliphatic rings. The standard InChI is InChI=1S/C26H25N3O5/c1-16-14-17(2)27-24(23(16)29(32)33)28(25(30)20-12-13-20)15-18-8-10-19(11-9-18)21-6-4-5-7-22(21)26(31)34-3/h4-11,14,20H,12-13,15H2,1-3H3. The molecule has 1 fully saturated rings. The average molecular weight is 460 g/mol. The molecule has 0 spiro atoms. The summed E-state index contributed by atoms with van der Waals surface area (Å²) in [6.07, 6.45) is 1.55. The maximum Gasteiger partial charge on any atom is 0.338 e. The van der Waals surface area contributed by atoms with E-state index in [1.165, 1.54) is 12.0 Å². The molecular weight excluding hydrogens is 434 g/mol. The molecule has 3 aromatic rings. The van der Waals surface area contributed by atoms with E-state index in [4.69, 9.17) is 4.74 Å². The van der Waals surface area contributed by atoms with Crippen molar-refractivity contribution < 1.29 is 19.2 Å². The minimum atomic E-state index is -0.475. The Morgan fingerprint density at radius 3 is 2.41 bits per heavy atom. The van der Waals surface area contributed by atoms with Gasteiger partial charge in [0, 0.05) is 17.2 Å². The molecule has 0 aliphatic heterocycles. The van der Waals surface area contributed by atoms with Gasteiger partial charge in [0.1, 0.15) is 0 Å². The Bertz CT molecular complexity index is 1270. The largest absolute Gasteiger partial charge is 0.465 e. The number of nitro groups is 1. The van der Waals surface area contributed by atoms with Crippen molar-refractivity contribution in [2.75, 3.05) is 12.0 Å². The number of carbonyl (C=O) groups is 2. The number of carbonyl (C=O) groups excluding carboxylic acids is 2. The lowest BCUT2D eigenvalue weighted by molar-refractivity contribution is -0.384. The van der Waals surface area contributed by atoms with E-state index in [1.54, 1.807) is 32.0 Å². The Morgan fingerprint density at radius 1 is 1.12 bits per heavy atom. The van der Waals surface area contributed by atoms with Crippen molar-refractivity contribution in [2.24, 2.45) is 5.92 Å². The number of aryl methyl sites for hydroxylation is 2. The van der Waals surface area contributed by atoms with Crippen LogP contribution in [0.3, 0.4) is 0 Å². The molecule has 1 aliphatic carbocycles. The van der Waals surface area contributed by atoms with Crippen molar-refractivity contribution in [1.82, 2.24) is 4.98 Å². The smallest absolute Gasteiger partial charge is 0.338 e. The molecule has 8 heteroatoms. The van der Waals surface area contributed by atoms with Gasteiger partial charge in [-0.2, -0.15) is 0 Å². The second kappa shape index (κ2) is 9.43. The monoisotopic (exact) mass is 459 g/mol. The van der Waals surface area contributed by atoms with Gasteiger partial charge in [-0.25, -0.2) is 9.78 Å². The lowest BCUT2D eigenvalue weighted by Gasteiger charge is -2.23. The van der Waals surface area contributed by atoms with Gasteiger partial charge in [0.05, 0.1) is 24.1 Å². The van der Waals surface area contributed by atoms with Crippen LogP contribution in [0.25, 0.3) is 11.1 Å². The Balaban J connectivity index is 1.70. The molecule has 0 radical (unpaired) electrons. The first-order valence-electron chi connectivity index (χ1n) is 11.0. The van der Waals surface area contributed by atoms with E-state index in [0.29, 0.717) is 16.8 Å². The summed E-state index contributed by atoms with van der Waals surface area (Å²) in [5.41, 5.74) is 3.74. The van der Waals surface area contributed by atoms with E-state index in [1.807, 2.05) is 36.4 Å². The zero-order chi connectivity index (χ0) is 24.4. The molecule has 0 bridgehead atoms. The van der Waals surface area contributed by atoms with E-state index in [2.05, 4.69) is 4.98 Å². The molecule has 4 rings (SSSR count). The van der Waals surface area contributed by atoms with Crippen LogP contribution in [0.15, 0.2) is 54.6 Å². The fourth-order valence-corrected chi connectivity index (χ4v) is 4.03. The van der Waals surface area contributed by atoms with Crippen LogP contribution in [0.1, 0.15) is 40.0 Å². The van der Waals surface area contributed by atoms with Crippen LogP contribution in [-0.2, 0) is 16.1 Å². The normalized spacial score (nSPS) is 12.8. The highest BCUT2D eigenvalue weighted by Crippen LogP contribution is 2.37. The number of hydrogen-bond acceptors (Lipinski definition) is 6. The Hall–Kier alpha value is -4.07. The third-order valence-electron chi connectivity index (χ3n) is 5.86. The van der Waals surface area contributed by atoms with Gasteiger partial charge < -0.3 is 4.74 Å². The highest BCUT2D eigenvalue weighted by atomic mass is 16.6. The first-order chi connectivity index (χ1) is 16.3. The van der Waals surface area contributed by atoms with Crippen LogP contribution in [0.2, 0.25) is 0 Å². The molecule has 174 valence electrons. The maximum atomic E-state index is 13.2. The van der Waals surface area contributed by atoms with Crippen molar-refractivity contribution in [3.63, 3.8) is 0 Å². The SMILES string of the molecule is COC(=O)c1ccccc1-c1ccc(CN(C(=O)C2CC2)c2nc(C)cc(C)c2[N+](=O)[O-])cc1. The Labute approximate surface area is 197 Å². The second-order valence-electron chi connectivity index (χ2n) is 8.44. The number of amides is 1. The summed E-state index contributed by atoms with van der Waals surface area (Å²) in [5.74, 6) is -0.622. The number of anilines is 1. The van der Waals surface area contributed by atoms with Crippen molar-refractivity contribution in [1.29, 1.82) is 0 Å². The minimum Gasteiger partial charge on any atom is -0.465 e. The van der Waals surface area contributed by atoms with Crippen molar-refractivity contribution in [3.05, 3.63) is 87.1 Å². The summed E-state index contributed by atoms with van der Waals surface area (Å²) < 4.78 is 4.88. The van der Waals surface area contributed by atoms with Crippen LogP contribution in [-0.4, -0.2) is 28.9 Å². The molecule has 1 aromatic heterocycles. The summed E-state index contributed by atoms with van der Waals surface area (Å²) in [6, 6.07) is 16.2. The van der Waals surface area contributed by atoms with Crippen LogP contribution in [0.4, 0.5) is 11.5 Å². The molecule has 0 N–H and O–H groups in total. The molecule has 8 nitrogen and oxygen atoms in total. The van der Waals surface area contributed by atoms with Crippen molar-refractivity contribution in [3.8, 4) is 11.1 Å². The second-order valence-corrected chi connectivity index (χ2v) is 8.44. The van der Waals surface area contributed by atoms with Gasteiger partial charge in [-0.3, -0.25) is 19.8 Å². The molecule has 0 saturated heterocycles. The van der Waals surface area contributed by atoms with Gasteiger partial charge in [-0.15, -0.1) is 0 Å². The summed E-state index contributed by atoms with van der Waals surface area (Å²) in [7, 11) is 1.34. The lowest BCUT2D eigenvalue weighted by Crippen LogP contribution is -2.33. The number of hydrogen-bond donors (Lipinski definition) is 0. The van der Waals surface area contributed by atoms with Crippen LogP contribution in [0.5, 0.6) is 0 Å². The molecule has 0 unspecified atom stereocenters. The lowest BCUT2D eigenvalue weighted by atomic mass is 9.98. The maximum absolute atomic E-state index is 13.2. The summed E-state index contributed by atoms with van der Waals surface area (Å²) in [4.78, 5) is 42.5. The predicted octanol–water partition coefficient (Wildman–Crippen LogP) is 5.00. The first-order valence-corrected chi connectivity index (χ1v) is 11.0. The molecule has 2 aromatic carbocycles. The van der Waals surface area contributed by atoms with Crippen LogP contribution < -0.4 is 4.90 Å². The van der Waals surface area contributed by atoms with Crippen molar-refractivity contribution in [2.45, 2.75) is 33.2 Å². The number of aromatic nitrogens is 1. The molecular formula is C26H25N3O5. The Morgan fingerprint density at radius 2 is 1.79 bits per heavy atom. The van der Waals surface area contributed by atoms with Crippen molar-refractivity contribution >= 4 is 23.4 Å². The summed E-state index contributed by atoms with van der Waals surface area (Å²) >= 11 is 0. The Kier molecular flexibility index (Phi) is 6.40. The molecule has 1 heterocycles. The topological polar surface area (TPSA) is 103 Å². The predicted molar refractivity (Wildman–Crippen MR) is 127 cm³/mol. The minimum absolute atomic E-state index is 0.0829. The highest BCUT2D eigenvalue weighted by molar-refractivity contribution is 5.98. The van der Waals surface area contributed by atoms with Gasteiger partial charge in [0.2, 0.25) is 11.7 Å². The first kappa shape index (κ1) is 23.1. The van der Waals surface area contributed by atoms with E-state index in [-0.39, 0.29) is 29.9 Å². The fourth-order valence-electron chi connectivity index (χ4n) is 4.03. The van der Waals surface area contributed by atoms with E-state index >= 15 is 0 Å². The van der Waals surface area contributed by atoms with Crippen LogP contribution in [0, 0.1) is 29.9 Å². The van der Waals surface area contributed by atoms with Gasteiger partial charge >= 0.3 is 11.7 Å². The summed E-state index contributed by atoms with van der Waals surface area (Å²) in [6.45, 7) is 3.57. The van der Waals surface area contributed by atoms with E-state index in [9.17, 15) is 19.7 Å². The van der Waals surface area contributed by atoms with Gasteiger partial charge in [-0.05, 0) is 55.5 Å². The zero-order valence-corrected chi connectivity index (χ0v) is 19.3. The molecule has 1 amide bonds. The molecule has 1 saturated carbocycles. The van der Waals surface area contributed by atoms with E-state index in [0.717, 1.165) is 29.5 Å². The number of benzene rings is 2. The van der Waals surface area contributed by atoms with Gasteiger partial charge in [0.15, 0.2) is 0 Å². The quantitative estimate of drug-likeness (QED) is 0.280. The van der Waals surface area contributed by atoms with Gasteiger partial charge in [-0.1, -0.05) is 42.5 Å². The number of methoxy groups -OCH3 is 1. The van der Waals surface area contributed by atoms with Gasteiger partial charge in [0.25, 0.3) is 0 Å². The highest BCUT2D eigenvalue weighted by Gasteiger charge is 2.37. The number of esters is 1. The fraction of sp³-hybridized carbons (Fsp3) is 0.269. The van der Waals surface area contributed by atoms with Crippen LogP contribution >= 0.6 is 0 Å². The molecule has 0 atom stereocenters. The molecule has 34 heavy (non-hydrogen) atoms. The number of ether oxygens (including phenoxy) is 1. The third-order valence-corrected chi connectivity index (χ3v) is 5.86. The average Bonchev–Trinajstić information content (AvgIpc) is 3.67. The van der Waals surface area contributed by atoms with E-state index < -0.39 is 10.9 Å². The summed E-state index contributed by atoms with van der Waals surface area (Å²) in [5, 5.41) is 11.8.